The Morgan fingerprint density at radius 1 is 0.667 bits per heavy atom. The maximum absolute atomic E-state index is 11.8. The van der Waals surface area contributed by atoms with Crippen molar-refractivity contribution in [1.82, 2.24) is 30.6 Å². The maximum atomic E-state index is 11.8. The Labute approximate surface area is 249 Å². The number of nitrogens with one attached hydrogen (secondary N) is 4. The van der Waals surface area contributed by atoms with Crippen molar-refractivity contribution in [2.75, 3.05) is 13.1 Å². The van der Waals surface area contributed by atoms with Crippen LogP contribution in [0.15, 0.2) is 48.8 Å². The Hall–Kier alpha value is -3.94. The number of aromatic nitrogens is 4. The summed E-state index contributed by atoms with van der Waals surface area (Å²) in [5, 5.41) is 8.33. The normalized spacial score (nSPS) is 11.5. The number of imidazole rings is 2. The summed E-state index contributed by atoms with van der Waals surface area (Å²) in [4.78, 5) is 39.6. The van der Waals surface area contributed by atoms with Crippen molar-refractivity contribution in [1.29, 1.82) is 0 Å². The summed E-state index contributed by atoms with van der Waals surface area (Å²) >= 11 is 0. The lowest BCUT2D eigenvalue weighted by atomic mass is 10.0. The highest BCUT2D eigenvalue weighted by molar-refractivity contribution is 5.90. The van der Waals surface area contributed by atoms with Gasteiger partial charge in [-0.05, 0) is 60.4 Å². The van der Waals surface area contributed by atoms with Crippen molar-refractivity contribution in [2.24, 2.45) is 11.8 Å². The average Bonchev–Trinajstić information content (AvgIpc) is 3.61. The van der Waals surface area contributed by atoms with Gasteiger partial charge < -0.3 is 20.6 Å². The number of hydrogen-bond acceptors (Lipinski definition) is 4. The predicted octanol–water partition coefficient (Wildman–Crippen LogP) is 6.59. The van der Waals surface area contributed by atoms with Gasteiger partial charge >= 0.3 is 0 Å². The van der Waals surface area contributed by atoms with Crippen LogP contribution in [0.5, 0.6) is 0 Å². The first kappa shape index (κ1) is 31.0. The van der Waals surface area contributed by atoms with Crippen LogP contribution in [0.3, 0.4) is 0 Å². The minimum absolute atomic E-state index is 0.134. The Kier molecular flexibility index (Phi) is 11.3. The van der Waals surface area contributed by atoms with Gasteiger partial charge in [0, 0.05) is 49.9 Å². The van der Waals surface area contributed by atoms with Crippen molar-refractivity contribution < 1.29 is 9.59 Å². The zero-order valence-electron chi connectivity index (χ0n) is 25.6. The molecule has 0 fully saturated rings. The fourth-order valence-corrected chi connectivity index (χ4v) is 5.03. The van der Waals surface area contributed by atoms with Crippen molar-refractivity contribution in [3.05, 3.63) is 60.4 Å². The number of carbonyl (C=O) groups is 2. The summed E-state index contributed by atoms with van der Waals surface area (Å²) < 4.78 is 0. The maximum Gasteiger partial charge on any atom is 0.220 e. The molecule has 0 unspecified atom stereocenters. The zero-order valence-corrected chi connectivity index (χ0v) is 25.6. The molecule has 2 aromatic heterocycles. The van der Waals surface area contributed by atoms with Crippen molar-refractivity contribution in [3.8, 4) is 22.5 Å². The highest BCUT2D eigenvalue weighted by Crippen LogP contribution is 2.27. The lowest BCUT2D eigenvalue weighted by Crippen LogP contribution is -2.25. The molecular formula is C34H46N6O2. The lowest BCUT2D eigenvalue weighted by Gasteiger charge is -2.06. The molecule has 2 aromatic carbocycles. The number of rotatable bonds is 16. The lowest BCUT2D eigenvalue weighted by molar-refractivity contribution is -0.122. The standard InChI is InChI=1S/C34H46N6O2/c1-23(2)17-33(41)35-15-7-5-9-31-37-21-29(39-31)27-13-11-26-20-28(14-12-25(26)19-27)30-22-38-32(40-30)10-6-8-16-36-34(42)18-24(3)4/h11-14,19-24H,5-10,15-18H2,1-4H3,(H,35,41)(H,36,42)(H,37,39)(H,38,40). The topological polar surface area (TPSA) is 116 Å². The summed E-state index contributed by atoms with van der Waals surface area (Å²) in [5.74, 6) is 2.98. The summed E-state index contributed by atoms with van der Waals surface area (Å²) in [7, 11) is 0. The highest BCUT2D eigenvalue weighted by atomic mass is 16.2. The third-order valence-corrected chi connectivity index (χ3v) is 7.23. The smallest absolute Gasteiger partial charge is 0.220 e. The van der Waals surface area contributed by atoms with E-state index in [-0.39, 0.29) is 11.8 Å². The molecule has 42 heavy (non-hydrogen) atoms. The van der Waals surface area contributed by atoms with E-state index in [4.69, 9.17) is 0 Å². The molecule has 0 saturated heterocycles. The Morgan fingerprint density at radius 3 is 1.50 bits per heavy atom. The van der Waals surface area contributed by atoms with Crippen LogP contribution in [0, 0.1) is 11.8 Å². The zero-order chi connectivity index (χ0) is 29.9. The van der Waals surface area contributed by atoms with Crippen LogP contribution in [-0.4, -0.2) is 44.8 Å². The van der Waals surface area contributed by atoms with Gasteiger partial charge in [-0.3, -0.25) is 9.59 Å². The molecule has 2 heterocycles. The Bertz CT molecular complexity index is 1340. The number of aryl methyl sites for hydroxylation is 2. The van der Waals surface area contributed by atoms with Crippen LogP contribution in [0.4, 0.5) is 0 Å². The monoisotopic (exact) mass is 570 g/mol. The third-order valence-electron chi connectivity index (χ3n) is 7.23. The second-order valence-electron chi connectivity index (χ2n) is 12.1. The fourth-order valence-electron chi connectivity index (χ4n) is 5.03. The SMILES string of the molecule is CC(C)CC(=O)NCCCCc1ncc(-c2ccc3cc(-c4cnc(CCCCNC(=O)CC(C)C)[nH]4)ccc3c2)[nH]1. The van der Waals surface area contributed by atoms with Crippen LogP contribution in [0.25, 0.3) is 33.3 Å². The highest BCUT2D eigenvalue weighted by Gasteiger charge is 2.09. The van der Waals surface area contributed by atoms with E-state index in [0.717, 1.165) is 72.7 Å². The second kappa shape index (κ2) is 15.3. The number of hydrogen-bond donors (Lipinski definition) is 4. The van der Waals surface area contributed by atoms with E-state index in [1.165, 1.54) is 10.8 Å². The Balaban J connectivity index is 1.26. The van der Waals surface area contributed by atoms with E-state index in [1.54, 1.807) is 0 Å². The van der Waals surface area contributed by atoms with Crippen LogP contribution in [-0.2, 0) is 22.4 Å². The molecule has 0 bridgehead atoms. The quantitative estimate of drug-likeness (QED) is 0.114. The molecule has 0 aliphatic heterocycles. The molecule has 0 aliphatic rings. The number of benzene rings is 2. The van der Waals surface area contributed by atoms with Gasteiger partial charge in [0.2, 0.25) is 11.8 Å². The van der Waals surface area contributed by atoms with E-state index >= 15 is 0 Å². The summed E-state index contributed by atoms with van der Waals surface area (Å²) in [6.07, 6.45) is 10.5. The number of aromatic amines is 2. The van der Waals surface area contributed by atoms with Gasteiger partial charge in [0.15, 0.2) is 0 Å². The van der Waals surface area contributed by atoms with Gasteiger partial charge in [-0.15, -0.1) is 0 Å². The van der Waals surface area contributed by atoms with Gasteiger partial charge in [-0.1, -0.05) is 52.0 Å². The number of H-pyrrole nitrogens is 2. The minimum Gasteiger partial charge on any atom is -0.356 e. The van der Waals surface area contributed by atoms with Crippen LogP contribution in [0.1, 0.15) is 77.9 Å². The largest absolute Gasteiger partial charge is 0.356 e. The molecule has 4 rings (SSSR count). The number of fused-ring (bicyclic) bond motifs is 1. The van der Waals surface area contributed by atoms with E-state index in [0.29, 0.717) is 37.8 Å². The fraction of sp³-hybridized carbons (Fsp3) is 0.471. The third kappa shape index (κ3) is 9.57. The number of carbonyl (C=O) groups excluding carboxylic acids is 2. The molecule has 0 spiro atoms. The van der Waals surface area contributed by atoms with Crippen molar-refractivity contribution in [2.45, 2.75) is 79.1 Å². The summed E-state index contributed by atoms with van der Waals surface area (Å²) in [5.41, 5.74) is 4.25. The van der Waals surface area contributed by atoms with E-state index < -0.39 is 0 Å². The molecule has 0 saturated carbocycles. The number of nitrogens with zero attached hydrogens (tertiary/aromatic N) is 2. The second-order valence-corrected chi connectivity index (χ2v) is 12.1. The van der Waals surface area contributed by atoms with Gasteiger partial charge in [-0.2, -0.15) is 0 Å². The minimum atomic E-state index is 0.134. The molecule has 0 atom stereocenters. The first-order valence-electron chi connectivity index (χ1n) is 15.4. The molecule has 4 N–H and O–H groups in total. The summed E-state index contributed by atoms with van der Waals surface area (Å²) in [6.45, 7) is 9.65. The molecule has 0 radical (unpaired) electrons. The van der Waals surface area contributed by atoms with Gasteiger partial charge in [0.05, 0.1) is 23.8 Å². The molecule has 2 amide bonds. The van der Waals surface area contributed by atoms with E-state index in [1.807, 2.05) is 12.4 Å². The van der Waals surface area contributed by atoms with Crippen molar-refractivity contribution >= 4 is 22.6 Å². The Morgan fingerprint density at radius 2 is 1.10 bits per heavy atom. The molecule has 8 nitrogen and oxygen atoms in total. The van der Waals surface area contributed by atoms with E-state index in [9.17, 15) is 9.59 Å². The van der Waals surface area contributed by atoms with Gasteiger partial charge in [-0.25, -0.2) is 9.97 Å². The van der Waals surface area contributed by atoms with Crippen LogP contribution < -0.4 is 10.6 Å². The predicted molar refractivity (Wildman–Crippen MR) is 170 cm³/mol. The molecule has 224 valence electrons. The van der Waals surface area contributed by atoms with Crippen LogP contribution >= 0.6 is 0 Å². The summed E-state index contributed by atoms with van der Waals surface area (Å²) in [6, 6.07) is 13.0. The number of amides is 2. The van der Waals surface area contributed by atoms with Gasteiger partial charge in [0.1, 0.15) is 11.6 Å². The molecule has 8 heteroatoms. The van der Waals surface area contributed by atoms with Gasteiger partial charge in [0.25, 0.3) is 0 Å². The average molecular weight is 571 g/mol. The molecule has 4 aromatic rings. The molecule has 0 aliphatic carbocycles. The van der Waals surface area contributed by atoms with E-state index in [2.05, 4.69) is 94.7 Å². The number of unbranched alkanes of at least 4 members (excludes halogenated alkanes) is 2. The first-order chi connectivity index (χ1) is 20.3. The first-order valence-corrected chi connectivity index (χ1v) is 15.4. The van der Waals surface area contributed by atoms with Crippen molar-refractivity contribution in [3.63, 3.8) is 0 Å². The van der Waals surface area contributed by atoms with Crippen LogP contribution in [0.2, 0.25) is 0 Å². The molecular weight excluding hydrogens is 524 g/mol.